The summed E-state index contributed by atoms with van der Waals surface area (Å²) in [5.74, 6) is 1.13. The van der Waals surface area contributed by atoms with Crippen LogP contribution >= 0.6 is 0 Å². The van der Waals surface area contributed by atoms with Crippen LogP contribution in [0.2, 0.25) is 0 Å². The molecule has 0 unspecified atom stereocenters. The summed E-state index contributed by atoms with van der Waals surface area (Å²) in [6, 6.07) is 11.9. The second kappa shape index (κ2) is 7.93. The predicted octanol–water partition coefficient (Wildman–Crippen LogP) is 3.61. The van der Waals surface area contributed by atoms with Gasteiger partial charge in [0.2, 0.25) is 5.95 Å². The number of aromatic nitrogens is 3. The molecule has 3 rings (SSSR count). The predicted molar refractivity (Wildman–Crippen MR) is 105 cm³/mol. The van der Waals surface area contributed by atoms with Gasteiger partial charge in [-0.25, -0.2) is 4.98 Å². The van der Waals surface area contributed by atoms with Crippen LogP contribution in [0.4, 0.5) is 17.5 Å². The number of nitrogens with zero attached hydrogens (tertiary/aromatic N) is 3. The molecule has 2 aromatic heterocycles. The number of aliphatic hydroxyl groups is 1. The van der Waals surface area contributed by atoms with Gasteiger partial charge in [-0.2, -0.15) is 4.98 Å². The summed E-state index contributed by atoms with van der Waals surface area (Å²) < 4.78 is 0. The zero-order valence-corrected chi connectivity index (χ0v) is 15.2. The van der Waals surface area contributed by atoms with Gasteiger partial charge in [0.1, 0.15) is 5.82 Å². The molecule has 0 aliphatic rings. The lowest BCUT2D eigenvalue weighted by atomic mass is 10.1. The van der Waals surface area contributed by atoms with Crippen molar-refractivity contribution in [2.24, 2.45) is 0 Å². The highest BCUT2D eigenvalue weighted by molar-refractivity contribution is 5.69. The second-order valence-electron chi connectivity index (χ2n) is 6.23. The fourth-order valence-electron chi connectivity index (χ4n) is 2.91. The quantitative estimate of drug-likeness (QED) is 0.630. The maximum Gasteiger partial charge on any atom is 0.225 e. The minimum Gasteiger partial charge on any atom is -0.395 e. The summed E-state index contributed by atoms with van der Waals surface area (Å²) in [4.78, 5) is 13.4. The molecule has 0 saturated carbocycles. The van der Waals surface area contributed by atoms with E-state index in [2.05, 4.69) is 58.5 Å². The zero-order chi connectivity index (χ0) is 18.5. The minimum atomic E-state index is 0.0100. The molecule has 26 heavy (non-hydrogen) atoms. The minimum absolute atomic E-state index is 0.0100. The van der Waals surface area contributed by atoms with Gasteiger partial charge >= 0.3 is 0 Å². The van der Waals surface area contributed by atoms with Gasteiger partial charge in [-0.3, -0.25) is 4.98 Å². The molecule has 0 atom stereocenters. The Morgan fingerprint density at radius 2 is 1.73 bits per heavy atom. The van der Waals surface area contributed by atoms with E-state index in [1.807, 2.05) is 24.3 Å². The lowest BCUT2D eigenvalue weighted by molar-refractivity contribution is 0.311. The first-order chi connectivity index (χ1) is 12.6. The fourth-order valence-corrected chi connectivity index (χ4v) is 2.91. The van der Waals surface area contributed by atoms with Gasteiger partial charge in [0, 0.05) is 24.5 Å². The highest BCUT2D eigenvalue weighted by Gasteiger charge is 2.10. The van der Waals surface area contributed by atoms with Gasteiger partial charge < -0.3 is 15.7 Å². The number of benzene rings is 1. The molecule has 134 valence electrons. The maximum absolute atomic E-state index is 9.07. The van der Waals surface area contributed by atoms with Crippen LogP contribution in [0.1, 0.15) is 16.7 Å². The van der Waals surface area contributed by atoms with E-state index in [4.69, 9.17) is 5.11 Å². The molecule has 3 aromatic rings. The van der Waals surface area contributed by atoms with Gasteiger partial charge in [0.05, 0.1) is 18.0 Å². The Bertz CT molecular complexity index is 873. The number of aryl methyl sites for hydroxylation is 3. The van der Waals surface area contributed by atoms with E-state index in [-0.39, 0.29) is 6.61 Å². The Hall–Kier alpha value is -2.99. The van der Waals surface area contributed by atoms with Gasteiger partial charge in [-0.05, 0) is 44.0 Å². The molecule has 0 bridgehead atoms. The van der Waals surface area contributed by atoms with E-state index in [0.29, 0.717) is 24.0 Å². The number of anilines is 3. The van der Waals surface area contributed by atoms with Crippen LogP contribution in [0.3, 0.4) is 0 Å². The van der Waals surface area contributed by atoms with Crippen LogP contribution in [-0.2, 0) is 0 Å². The van der Waals surface area contributed by atoms with Gasteiger partial charge in [-0.1, -0.05) is 23.8 Å². The maximum atomic E-state index is 9.07. The third-order valence-electron chi connectivity index (χ3n) is 3.98. The molecule has 0 amide bonds. The van der Waals surface area contributed by atoms with Crippen LogP contribution < -0.4 is 10.6 Å². The number of pyridine rings is 1. The molecule has 0 fully saturated rings. The number of rotatable bonds is 6. The molecule has 0 spiro atoms. The van der Waals surface area contributed by atoms with Gasteiger partial charge in [0.15, 0.2) is 0 Å². The molecule has 6 nitrogen and oxygen atoms in total. The van der Waals surface area contributed by atoms with E-state index < -0.39 is 0 Å². The first-order valence-electron chi connectivity index (χ1n) is 8.57. The standard InChI is InChI=1S/C20H23N5O/c1-13-10-14(2)19(15(3)11-13)24-18-12-17(16-6-4-5-7-21-16)23-20(25-18)22-8-9-26/h4-7,10-12,26H,8-9H2,1-3H3,(H2,22,23,24,25). The van der Waals surface area contributed by atoms with E-state index in [9.17, 15) is 0 Å². The molecule has 2 heterocycles. The lowest BCUT2D eigenvalue weighted by Crippen LogP contribution is -2.10. The molecular weight excluding hydrogens is 326 g/mol. The number of hydrogen-bond acceptors (Lipinski definition) is 6. The van der Waals surface area contributed by atoms with Crippen molar-refractivity contribution in [1.29, 1.82) is 0 Å². The smallest absolute Gasteiger partial charge is 0.225 e. The van der Waals surface area contributed by atoms with Gasteiger partial charge in [0.25, 0.3) is 0 Å². The second-order valence-corrected chi connectivity index (χ2v) is 6.23. The van der Waals surface area contributed by atoms with E-state index in [1.54, 1.807) is 6.20 Å². The Morgan fingerprint density at radius 3 is 2.38 bits per heavy atom. The highest BCUT2D eigenvalue weighted by Crippen LogP contribution is 2.27. The fraction of sp³-hybridized carbons (Fsp3) is 0.250. The molecule has 0 radical (unpaired) electrons. The largest absolute Gasteiger partial charge is 0.395 e. The molecule has 0 aliphatic carbocycles. The Kier molecular flexibility index (Phi) is 5.43. The summed E-state index contributed by atoms with van der Waals surface area (Å²) in [6.07, 6.45) is 1.74. The average molecular weight is 349 g/mol. The molecule has 6 heteroatoms. The summed E-state index contributed by atoms with van der Waals surface area (Å²) in [5.41, 5.74) is 6.06. The lowest BCUT2D eigenvalue weighted by Gasteiger charge is -2.15. The van der Waals surface area contributed by atoms with Crippen LogP contribution in [0, 0.1) is 20.8 Å². The van der Waals surface area contributed by atoms with E-state index in [1.165, 1.54) is 5.56 Å². The Morgan fingerprint density at radius 1 is 0.962 bits per heavy atom. The third kappa shape index (κ3) is 4.15. The third-order valence-corrected chi connectivity index (χ3v) is 3.98. The Labute approximate surface area is 153 Å². The first kappa shape index (κ1) is 17.8. The molecule has 1 aromatic carbocycles. The molecular formula is C20H23N5O. The molecule has 0 aliphatic heterocycles. The summed E-state index contributed by atoms with van der Waals surface area (Å²) in [7, 11) is 0. The van der Waals surface area contributed by atoms with Crippen molar-refractivity contribution in [2.75, 3.05) is 23.8 Å². The van der Waals surface area contributed by atoms with Crippen molar-refractivity contribution in [2.45, 2.75) is 20.8 Å². The van der Waals surface area contributed by atoms with Crippen molar-refractivity contribution in [3.63, 3.8) is 0 Å². The number of nitrogens with one attached hydrogen (secondary N) is 2. The van der Waals surface area contributed by atoms with Crippen LogP contribution in [0.15, 0.2) is 42.6 Å². The zero-order valence-electron chi connectivity index (χ0n) is 15.2. The summed E-state index contributed by atoms with van der Waals surface area (Å²) >= 11 is 0. The van der Waals surface area contributed by atoms with Crippen LogP contribution in [0.25, 0.3) is 11.4 Å². The number of hydrogen-bond donors (Lipinski definition) is 3. The normalized spacial score (nSPS) is 10.6. The van der Waals surface area contributed by atoms with Crippen molar-refractivity contribution < 1.29 is 5.11 Å². The first-order valence-corrected chi connectivity index (χ1v) is 8.57. The SMILES string of the molecule is Cc1cc(C)c(Nc2cc(-c3ccccn3)nc(NCCO)n2)c(C)c1. The molecule has 3 N–H and O–H groups in total. The van der Waals surface area contributed by atoms with E-state index in [0.717, 1.165) is 22.5 Å². The topological polar surface area (TPSA) is 83.0 Å². The van der Waals surface area contributed by atoms with E-state index >= 15 is 0 Å². The van der Waals surface area contributed by atoms with Crippen molar-refractivity contribution in [1.82, 2.24) is 15.0 Å². The molecule has 0 saturated heterocycles. The Balaban J connectivity index is 2.01. The highest BCUT2D eigenvalue weighted by atomic mass is 16.3. The number of aliphatic hydroxyl groups excluding tert-OH is 1. The average Bonchev–Trinajstić information content (AvgIpc) is 2.63. The van der Waals surface area contributed by atoms with Crippen molar-refractivity contribution in [3.05, 3.63) is 59.3 Å². The summed E-state index contributed by atoms with van der Waals surface area (Å²) in [6.45, 7) is 6.64. The monoisotopic (exact) mass is 349 g/mol. The van der Waals surface area contributed by atoms with Crippen LogP contribution in [0.5, 0.6) is 0 Å². The van der Waals surface area contributed by atoms with Crippen LogP contribution in [-0.4, -0.2) is 33.2 Å². The van der Waals surface area contributed by atoms with Crippen molar-refractivity contribution in [3.8, 4) is 11.4 Å². The summed E-state index contributed by atoms with van der Waals surface area (Å²) in [5, 5.41) is 15.5. The van der Waals surface area contributed by atoms with Crippen molar-refractivity contribution >= 4 is 17.5 Å². The van der Waals surface area contributed by atoms with Gasteiger partial charge in [-0.15, -0.1) is 0 Å².